The average Bonchev–Trinajstić information content (AvgIpc) is 3.55. The van der Waals surface area contributed by atoms with Gasteiger partial charge in [0.1, 0.15) is 11.6 Å². The van der Waals surface area contributed by atoms with Crippen molar-refractivity contribution in [2.45, 2.75) is 40.5 Å². The predicted octanol–water partition coefficient (Wildman–Crippen LogP) is 9.45. The first kappa shape index (κ1) is 63.4. The molecule has 0 spiro atoms. The molecule has 6 aromatic carbocycles. The van der Waals surface area contributed by atoms with Gasteiger partial charge in [0.15, 0.2) is 0 Å². The molecule has 2 aromatic heterocycles. The van der Waals surface area contributed by atoms with Gasteiger partial charge in [-0.05, 0) is 146 Å². The first-order valence-electron chi connectivity index (χ1n) is 26.2. The molecule has 0 fully saturated rings. The summed E-state index contributed by atoms with van der Waals surface area (Å²) in [6, 6.07) is 39.4. The van der Waals surface area contributed by atoms with E-state index in [4.69, 9.17) is 17.3 Å². The highest BCUT2D eigenvalue weighted by Crippen LogP contribution is 2.22. The lowest BCUT2D eigenvalue weighted by Crippen LogP contribution is -2.31. The van der Waals surface area contributed by atoms with Gasteiger partial charge in [0.25, 0.3) is 23.6 Å². The van der Waals surface area contributed by atoms with Gasteiger partial charge in [0, 0.05) is 57.8 Å². The fourth-order valence-corrected chi connectivity index (χ4v) is 7.83. The molecule has 0 saturated heterocycles. The third-order valence-electron chi connectivity index (χ3n) is 12.1. The molecular weight excluding hydrogens is 1100 g/mol. The molecule has 0 aliphatic carbocycles. The van der Waals surface area contributed by atoms with Gasteiger partial charge in [-0.3, -0.25) is 38.4 Å². The van der Waals surface area contributed by atoms with Crippen molar-refractivity contribution < 1.29 is 38.4 Å². The standard InChI is InChI=1S/C32H30N6O4.C29H28N6O3.C3H3ClO/c1-4-29(39)35-19-30(40)36-24-10-6-8-22(14-24)15-28-33-17-26(18-34-28)38-32(42)27-16-25(12-11-21(27)3)37-31(41)23-9-5-7-20(2)13-23;1-18-5-3-7-21(11-18)28(37)34-23-10-9-19(2)25(14-23)29(38)35-24-16-31-26(32-17-24)13-20-6-4-8-22(12-20)33-27(36)15-30;1-2-3(4)5/h4-14,16-18H,1,15,19H2,2-3H3,(H,35,39)(H,36,40)(H,37,41)(H,38,42);3-12,14,16-17H,13,15,30H2,1-2H3,(H,33,36)(H,34,37)(H,35,38);2H,1H2. The molecular formula is C64H61ClN12O8. The third-order valence-corrected chi connectivity index (χ3v) is 12.2. The normalized spacial score (nSPS) is 10.2. The van der Waals surface area contributed by atoms with Crippen LogP contribution in [0.25, 0.3) is 0 Å². The van der Waals surface area contributed by atoms with Gasteiger partial charge < -0.3 is 43.0 Å². The fraction of sp³-hybridized carbons (Fsp3) is 0.125. The molecule has 0 aliphatic heterocycles. The second-order valence-corrected chi connectivity index (χ2v) is 19.2. The van der Waals surface area contributed by atoms with E-state index in [9.17, 15) is 38.4 Å². The van der Waals surface area contributed by atoms with Gasteiger partial charge in [-0.2, -0.15) is 0 Å². The molecule has 8 aromatic rings. The number of benzene rings is 6. The maximum absolute atomic E-state index is 13.0. The first-order chi connectivity index (χ1) is 40.8. The molecule has 7 amide bonds. The van der Waals surface area contributed by atoms with Crippen LogP contribution in [0.15, 0.2) is 184 Å². The second-order valence-electron chi connectivity index (χ2n) is 18.9. The molecule has 2 heterocycles. The van der Waals surface area contributed by atoms with Gasteiger partial charge in [-0.15, -0.1) is 0 Å². The smallest absolute Gasteiger partial charge is 0.256 e. The summed E-state index contributed by atoms with van der Waals surface area (Å²) in [5, 5.41) is 18.7. The van der Waals surface area contributed by atoms with Crippen molar-refractivity contribution in [2.24, 2.45) is 5.73 Å². The van der Waals surface area contributed by atoms with Crippen LogP contribution in [0, 0.1) is 27.7 Å². The Morgan fingerprint density at radius 1 is 0.459 bits per heavy atom. The lowest BCUT2D eigenvalue weighted by Gasteiger charge is -2.11. The third kappa shape index (κ3) is 20.6. The Balaban J connectivity index is 0.000000253. The van der Waals surface area contributed by atoms with Crippen molar-refractivity contribution in [3.05, 3.63) is 251 Å². The van der Waals surface area contributed by atoms with Gasteiger partial charge in [0.05, 0.1) is 49.3 Å². The van der Waals surface area contributed by atoms with Gasteiger partial charge in [-0.25, -0.2) is 19.9 Å². The lowest BCUT2D eigenvalue weighted by atomic mass is 10.1. The number of carbonyl (C=O) groups is 8. The summed E-state index contributed by atoms with van der Waals surface area (Å²) in [5.41, 5.74) is 15.6. The van der Waals surface area contributed by atoms with Gasteiger partial charge in [0.2, 0.25) is 23.0 Å². The summed E-state index contributed by atoms with van der Waals surface area (Å²) in [7, 11) is 0. The molecule has 9 N–H and O–H groups in total. The summed E-state index contributed by atoms with van der Waals surface area (Å²) in [5.74, 6) is -1.20. The summed E-state index contributed by atoms with van der Waals surface area (Å²) >= 11 is 4.71. The quantitative estimate of drug-likeness (QED) is 0.0277. The molecule has 0 radical (unpaired) electrons. The fourth-order valence-electron chi connectivity index (χ4n) is 7.83. The van der Waals surface area contributed by atoms with Crippen LogP contribution in [0.2, 0.25) is 0 Å². The Labute approximate surface area is 495 Å². The number of aryl methyl sites for hydroxylation is 4. The summed E-state index contributed by atoms with van der Waals surface area (Å²) in [4.78, 5) is 113. The molecule has 0 atom stereocenters. The van der Waals surface area contributed by atoms with Crippen LogP contribution in [0.3, 0.4) is 0 Å². The van der Waals surface area contributed by atoms with Gasteiger partial charge in [-0.1, -0.05) is 84.9 Å². The molecule has 0 aliphatic rings. The van der Waals surface area contributed by atoms with E-state index in [-0.39, 0.29) is 48.5 Å². The van der Waals surface area contributed by atoms with E-state index >= 15 is 0 Å². The maximum Gasteiger partial charge on any atom is 0.256 e. The molecule has 8 rings (SSSR count). The number of nitrogens with zero attached hydrogens (tertiary/aromatic N) is 4. The number of amides is 7. The zero-order valence-corrected chi connectivity index (χ0v) is 47.7. The number of aromatic nitrogens is 4. The Kier molecular flexibility index (Phi) is 23.4. The van der Waals surface area contributed by atoms with Crippen molar-refractivity contribution in [1.82, 2.24) is 25.3 Å². The number of hydrogen-bond acceptors (Lipinski definition) is 13. The van der Waals surface area contributed by atoms with E-state index in [1.54, 1.807) is 97.3 Å². The Morgan fingerprint density at radius 3 is 1.24 bits per heavy atom. The lowest BCUT2D eigenvalue weighted by molar-refractivity contribution is -0.121. The summed E-state index contributed by atoms with van der Waals surface area (Å²) in [6.07, 6.45) is 9.10. The molecule has 0 unspecified atom stereocenters. The van der Waals surface area contributed by atoms with Crippen LogP contribution in [0.4, 0.5) is 34.1 Å². The van der Waals surface area contributed by atoms with Gasteiger partial charge >= 0.3 is 0 Å². The van der Waals surface area contributed by atoms with Crippen molar-refractivity contribution in [2.75, 3.05) is 45.0 Å². The predicted molar refractivity (Wildman–Crippen MR) is 330 cm³/mol. The number of rotatable bonds is 19. The Hall–Kier alpha value is -10.8. The SMILES string of the molecule is C=CC(=O)Cl.C=CC(=O)NCC(=O)Nc1cccc(Cc2ncc(NC(=O)c3cc(NC(=O)c4cccc(C)c4)ccc3C)cn2)c1.Cc1cccc(C(=O)Nc2ccc(C)c(C(=O)Nc3cnc(Cc4cccc(NC(=O)CN)c4)nc3)c2)c1. The Bertz CT molecular complexity index is 3780. The largest absolute Gasteiger partial charge is 0.343 e. The highest BCUT2D eigenvalue weighted by molar-refractivity contribution is 6.66. The van der Waals surface area contributed by atoms with Crippen molar-refractivity contribution >= 4 is 92.3 Å². The van der Waals surface area contributed by atoms with E-state index in [0.717, 1.165) is 45.5 Å². The first-order valence-corrected chi connectivity index (χ1v) is 26.6. The van der Waals surface area contributed by atoms with E-state index in [1.165, 1.54) is 12.4 Å². The zero-order valence-electron chi connectivity index (χ0n) is 46.9. The second kappa shape index (κ2) is 31.4. The molecule has 85 heavy (non-hydrogen) atoms. The van der Waals surface area contributed by atoms with Crippen molar-refractivity contribution in [1.29, 1.82) is 0 Å². The molecule has 20 nitrogen and oxygen atoms in total. The van der Waals surface area contributed by atoms with Crippen molar-refractivity contribution in [3.63, 3.8) is 0 Å². The van der Waals surface area contributed by atoms with Crippen LogP contribution < -0.4 is 43.0 Å². The molecule has 0 bridgehead atoms. The number of nitrogens with two attached hydrogens (primary N) is 1. The number of hydrogen-bond donors (Lipinski definition) is 8. The maximum atomic E-state index is 13.0. The number of allylic oxidation sites excluding steroid dienone is 1. The molecule has 0 saturated carbocycles. The van der Waals surface area contributed by atoms with Crippen LogP contribution in [0.5, 0.6) is 0 Å². The number of carbonyl (C=O) groups excluding carboxylic acids is 8. The van der Waals surface area contributed by atoms with E-state index in [2.05, 4.69) is 70.3 Å². The monoisotopic (exact) mass is 1160 g/mol. The zero-order chi connectivity index (χ0) is 61.4. The van der Waals surface area contributed by atoms with Crippen LogP contribution >= 0.6 is 11.6 Å². The number of nitrogens with one attached hydrogen (secondary N) is 7. The average molecular weight is 1160 g/mol. The highest BCUT2D eigenvalue weighted by atomic mass is 35.5. The minimum atomic E-state index is -0.509. The van der Waals surface area contributed by atoms with E-state index < -0.39 is 11.1 Å². The van der Waals surface area contributed by atoms with E-state index in [1.807, 2.05) is 76.2 Å². The highest BCUT2D eigenvalue weighted by Gasteiger charge is 2.16. The Morgan fingerprint density at radius 2 is 0.847 bits per heavy atom. The summed E-state index contributed by atoms with van der Waals surface area (Å²) in [6.45, 7) is 13.6. The summed E-state index contributed by atoms with van der Waals surface area (Å²) < 4.78 is 0. The minimum absolute atomic E-state index is 0.0909. The van der Waals surface area contributed by atoms with Crippen LogP contribution in [-0.2, 0) is 32.0 Å². The minimum Gasteiger partial charge on any atom is -0.343 e. The number of halogens is 1. The number of anilines is 6. The van der Waals surface area contributed by atoms with Crippen LogP contribution in [-0.4, -0.2) is 79.6 Å². The van der Waals surface area contributed by atoms with Crippen LogP contribution in [0.1, 0.15) is 86.5 Å². The topological polar surface area (TPSA) is 298 Å². The molecule has 21 heteroatoms. The van der Waals surface area contributed by atoms with E-state index in [0.29, 0.717) is 80.9 Å². The van der Waals surface area contributed by atoms with Crippen molar-refractivity contribution in [3.8, 4) is 0 Å². The molecule has 432 valence electrons.